The second kappa shape index (κ2) is 11.9. The van der Waals surface area contributed by atoms with E-state index in [1.807, 2.05) is 56.3 Å². The summed E-state index contributed by atoms with van der Waals surface area (Å²) in [7, 11) is 0. The predicted molar refractivity (Wildman–Crippen MR) is 151 cm³/mol. The Bertz CT molecular complexity index is 1450. The molecule has 1 aliphatic rings. The van der Waals surface area contributed by atoms with Crippen molar-refractivity contribution in [2.75, 3.05) is 16.4 Å². The Hall–Kier alpha value is -4.22. The van der Waals surface area contributed by atoms with Crippen molar-refractivity contribution in [3.05, 3.63) is 105 Å². The van der Waals surface area contributed by atoms with Gasteiger partial charge in [0.15, 0.2) is 0 Å². The third kappa shape index (κ3) is 6.01. The van der Waals surface area contributed by atoms with Crippen LogP contribution in [-0.4, -0.2) is 17.6 Å². The van der Waals surface area contributed by atoms with Crippen molar-refractivity contribution >= 4 is 35.0 Å². The van der Waals surface area contributed by atoms with Crippen molar-refractivity contribution in [3.8, 4) is 6.07 Å². The van der Waals surface area contributed by atoms with Gasteiger partial charge in [0.1, 0.15) is 5.76 Å². The van der Waals surface area contributed by atoms with Crippen LogP contribution in [0.3, 0.4) is 0 Å². The van der Waals surface area contributed by atoms with Gasteiger partial charge in [0, 0.05) is 17.1 Å². The number of nitriles is 1. The lowest BCUT2D eigenvalue weighted by atomic mass is 9.85. The number of carbonyl (C=O) groups is 2. The summed E-state index contributed by atoms with van der Waals surface area (Å²) >= 11 is 1.22. The Morgan fingerprint density at radius 2 is 1.76 bits per heavy atom. The van der Waals surface area contributed by atoms with Crippen LogP contribution >= 0.6 is 11.8 Å². The normalized spacial score (nSPS) is 15.1. The highest BCUT2D eigenvalue weighted by Gasteiger charge is 2.36. The van der Waals surface area contributed by atoms with Gasteiger partial charge in [0.25, 0.3) is 5.91 Å². The summed E-state index contributed by atoms with van der Waals surface area (Å²) in [5.74, 6) is -0.669. The first-order valence-electron chi connectivity index (χ1n) is 12.4. The van der Waals surface area contributed by atoms with Crippen molar-refractivity contribution < 1.29 is 14.0 Å². The fourth-order valence-electron chi connectivity index (χ4n) is 4.24. The second-order valence-corrected chi connectivity index (χ2v) is 10.1. The fourth-order valence-corrected chi connectivity index (χ4v) is 5.14. The molecule has 0 saturated carbocycles. The molecule has 8 heteroatoms. The predicted octanol–water partition coefficient (Wildman–Crippen LogP) is 6.17. The average molecular weight is 527 g/mol. The van der Waals surface area contributed by atoms with Gasteiger partial charge in [-0.05, 0) is 80.3 Å². The van der Waals surface area contributed by atoms with Gasteiger partial charge in [-0.25, -0.2) is 0 Å². The molecule has 0 bridgehead atoms. The molecule has 2 aromatic carbocycles. The first-order chi connectivity index (χ1) is 18.3. The minimum atomic E-state index is -0.712. The zero-order valence-electron chi connectivity index (χ0n) is 21.8. The van der Waals surface area contributed by atoms with Gasteiger partial charge in [-0.3, -0.25) is 9.59 Å². The summed E-state index contributed by atoms with van der Waals surface area (Å²) in [6, 6.07) is 19.2. The van der Waals surface area contributed by atoms with E-state index in [2.05, 4.69) is 28.9 Å². The van der Waals surface area contributed by atoms with E-state index in [0.717, 1.165) is 23.2 Å². The lowest BCUT2D eigenvalue weighted by Gasteiger charge is -2.28. The number of allylic oxidation sites excluding steroid dienone is 2. The number of nitrogens with one attached hydrogen (secondary N) is 3. The molecule has 1 unspecified atom stereocenters. The van der Waals surface area contributed by atoms with Gasteiger partial charge in [-0.2, -0.15) is 5.26 Å². The number of hydrogen-bond acceptors (Lipinski definition) is 6. The number of nitrogens with zero attached hydrogens (tertiary/aromatic N) is 1. The molecule has 1 aromatic heterocycles. The maximum Gasteiger partial charge on any atom is 0.254 e. The van der Waals surface area contributed by atoms with Crippen LogP contribution in [0.1, 0.15) is 42.2 Å². The van der Waals surface area contributed by atoms with Gasteiger partial charge < -0.3 is 20.4 Å². The minimum absolute atomic E-state index is 0.0872. The van der Waals surface area contributed by atoms with Crippen molar-refractivity contribution in [1.29, 1.82) is 5.26 Å². The molecular weight excluding hydrogens is 496 g/mol. The van der Waals surface area contributed by atoms with Gasteiger partial charge in [0.05, 0.1) is 40.2 Å². The SMILES string of the molecule is CCc1ccc(NC(=O)C2=C(C)NC(SCC(=O)Nc3ccc(C)c(C)c3)=C(C#N)C2c2ccco2)cc1. The number of carbonyl (C=O) groups excluding carboxylic acids is 2. The summed E-state index contributed by atoms with van der Waals surface area (Å²) in [5.41, 5.74) is 6.09. The largest absolute Gasteiger partial charge is 0.468 e. The number of aryl methyl sites for hydroxylation is 3. The number of dihydropyridines is 1. The highest BCUT2D eigenvalue weighted by molar-refractivity contribution is 8.03. The molecule has 194 valence electrons. The van der Waals surface area contributed by atoms with E-state index >= 15 is 0 Å². The maximum absolute atomic E-state index is 13.5. The molecular formula is C30H30N4O3S. The molecule has 7 nitrogen and oxygen atoms in total. The number of thioether (sulfide) groups is 1. The Morgan fingerprint density at radius 3 is 2.39 bits per heavy atom. The van der Waals surface area contributed by atoms with Crippen molar-refractivity contribution in [2.24, 2.45) is 0 Å². The smallest absolute Gasteiger partial charge is 0.254 e. The summed E-state index contributed by atoms with van der Waals surface area (Å²) in [6.07, 6.45) is 2.42. The number of benzene rings is 2. The van der Waals surface area contributed by atoms with Crippen LogP contribution in [-0.2, 0) is 16.0 Å². The third-order valence-electron chi connectivity index (χ3n) is 6.48. The van der Waals surface area contributed by atoms with Crippen LogP contribution in [0.4, 0.5) is 11.4 Å². The molecule has 1 atom stereocenters. The summed E-state index contributed by atoms with van der Waals surface area (Å²) in [6.45, 7) is 7.87. The molecule has 0 spiro atoms. The third-order valence-corrected chi connectivity index (χ3v) is 7.50. The van der Waals surface area contributed by atoms with Gasteiger partial charge in [0.2, 0.25) is 5.91 Å². The van der Waals surface area contributed by atoms with Crippen LogP contribution in [0, 0.1) is 25.2 Å². The number of hydrogen-bond donors (Lipinski definition) is 3. The minimum Gasteiger partial charge on any atom is -0.468 e. The Labute approximate surface area is 227 Å². The fraction of sp³-hybridized carbons (Fsp3) is 0.233. The van der Waals surface area contributed by atoms with E-state index in [1.54, 1.807) is 19.1 Å². The average Bonchev–Trinajstić information content (AvgIpc) is 3.44. The molecule has 1 aliphatic heterocycles. The molecule has 4 rings (SSSR count). The lowest BCUT2D eigenvalue weighted by molar-refractivity contribution is -0.114. The number of anilines is 2. The monoisotopic (exact) mass is 526 g/mol. The van der Waals surface area contributed by atoms with Crippen molar-refractivity contribution in [2.45, 2.75) is 40.0 Å². The lowest BCUT2D eigenvalue weighted by Crippen LogP contribution is -2.31. The second-order valence-electron chi connectivity index (χ2n) is 9.11. The summed E-state index contributed by atoms with van der Waals surface area (Å²) < 4.78 is 5.67. The highest BCUT2D eigenvalue weighted by atomic mass is 32.2. The van der Waals surface area contributed by atoms with Gasteiger partial charge in [-0.1, -0.05) is 36.9 Å². The molecule has 3 N–H and O–H groups in total. The topological polar surface area (TPSA) is 107 Å². The first kappa shape index (κ1) is 26.8. The Kier molecular flexibility index (Phi) is 8.39. The summed E-state index contributed by atoms with van der Waals surface area (Å²) in [5, 5.41) is 19.7. The van der Waals surface area contributed by atoms with E-state index in [9.17, 15) is 14.9 Å². The molecule has 2 amide bonds. The molecule has 38 heavy (non-hydrogen) atoms. The van der Waals surface area contributed by atoms with Gasteiger partial charge in [-0.15, -0.1) is 0 Å². The summed E-state index contributed by atoms with van der Waals surface area (Å²) in [4.78, 5) is 26.2. The van der Waals surface area contributed by atoms with E-state index in [0.29, 0.717) is 33.3 Å². The molecule has 0 saturated heterocycles. The molecule has 3 aromatic rings. The van der Waals surface area contributed by atoms with Crippen LogP contribution in [0.2, 0.25) is 0 Å². The highest BCUT2D eigenvalue weighted by Crippen LogP contribution is 2.41. The van der Waals surface area contributed by atoms with Crippen LogP contribution in [0.5, 0.6) is 0 Å². The number of amides is 2. The number of rotatable bonds is 8. The van der Waals surface area contributed by atoms with Crippen molar-refractivity contribution in [1.82, 2.24) is 5.32 Å². The van der Waals surface area contributed by atoms with Crippen LogP contribution in [0.25, 0.3) is 0 Å². The molecule has 2 heterocycles. The molecule has 0 fully saturated rings. The quantitative estimate of drug-likeness (QED) is 0.324. The van der Waals surface area contributed by atoms with Crippen LogP contribution in [0.15, 0.2) is 87.1 Å². The van der Waals surface area contributed by atoms with Crippen LogP contribution < -0.4 is 16.0 Å². The van der Waals surface area contributed by atoms with E-state index in [1.165, 1.54) is 23.6 Å². The maximum atomic E-state index is 13.5. The van der Waals surface area contributed by atoms with E-state index in [4.69, 9.17) is 4.42 Å². The molecule has 0 aliphatic carbocycles. The Morgan fingerprint density at radius 1 is 1.03 bits per heavy atom. The van der Waals surface area contributed by atoms with Crippen molar-refractivity contribution in [3.63, 3.8) is 0 Å². The zero-order valence-corrected chi connectivity index (χ0v) is 22.7. The molecule has 0 radical (unpaired) electrons. The van der Waals surface area contributed by atoms with Gasteiger partial charge >= 0.3 is 0 Å². The first-order valence-corrected chi connectivity index (χ1v) is 13.3. The van der Waals surface area contributed by atoms with E-state index < -0.39 is 5.92 Å². The number of furan rings is 1. The van der Waals surface area contributed by atoms with E-state index in [-0.39, 0.29) is 17.6 Å². The Balaban J connectivity index is 1.56. The zero-order chi connectivity index (χ0) is 27.2. The standard InChI is InChI=1S/C30H30N4O3S/c1-5-21-9-12-22(13-10-21)34-29(36)27-20(4)32-30(24(16-31)28(27)25-7-6-14-37-25)38-17-26(35)33-23-11-8-18(2)19(3)15-23/h6-15,28,32H,5,17H2,1-4H3,(H,33,35)(H,34,36).